The first-order valence-electron chi connectivity index (χ1n) is 16.0. The van der Waals surface area contributed by atoms with Gasteiger partial charge in [0.2, 0.25) is 0 Å². The number of para-hydroxylation sites is 2. The molecule has 1 aromatic heterocycles. The second-order valence-corrected chi connectivity index (χ2v) is 15.6. The maximum Gasteiger partial charge on any atom is 0.197 e. The summed E-state index contributed by atoms with van der Waals surface area (Å²) in [5.74, 6) is 0. The second kappa shape index (κ2) is 12.0. The SMILES string of the molecule is [C-]#[N+]c1cc(-n2c3ccccc3c3ccccc32)c(C#N)cc1-c1ccccc1[Si](c1ccccc1)(c1ccccc1)c1ccccc1. The van der Waals surface area contributed by atoms with Crippen molar-refractivity contribution in [1.82, 2.24) is 4.57 Å². The maximum atomic E-state index is 10.7. The van der Waals surface area contributed by atoms with Gasteiger partial charge in [0, 0.05) is 10.8 Å². The maximum absolute atomic E-state index is 10.7. The lowest BCUT2D eigenvalue weighted by Gasteiger charge is -2.36. The molecule has 3 nitrogen and oxygen atoms in total. The molecule has 0 amide bonds. The van der Waals surface area contributed by atoms with Gasteiger partial charge < -0.3 is 4.57 Å². The van der Waals surface area contributed by atoms with Crippen LogP contribution in [-0.2, 0) is 0 Å². The Morgan fingerprint density at radius 2 is 0.979 bits per heavy atom. The van der Waals surface area contributed by atoms with Gasteiger partial charge >= 0.3 is 0 Å². The van der Waals surface area contributed by atoms with Crippen molar-refractivity contribution in [2.45, 2.75) is 0 Å². The summed E-state index contributed by atoms with van der Waals surface area (Å²) in [4.78, 5) is 4.14. The minimum absolute atomic E-state index is 0.510. The van der Waals surface area contributed by atoms with Gasteiger partial charge in [-0.3, -0.25) is 0 Å². The number of benzene rings is 7. The molecule has 0 aliphatic heterocycles. The molecule has 0 aliphatic rings. The van der Waals surface area contributed by atoms with Crippen molar-refractivity contribution in [3.63, 3.8) is 0 Å². The van der Waals surface area contributed by atoms with Gasteiger partial charge in [-0.1, -0.05) is 152 Å². The molecule has 0 unspecified atom stereocenters. The van der Waals surface area contributed by atoms with Gasteiger partial charge in [-0.05, 0) is 56.1 Å². The first-order valence-corrected chi connectivity index (χ1v) is 18.0. The van der Waals surface area contributed by atoms with E-state index in [-0.39, 0.29) is 0 Å². The Morgan fingerprint density at radius 1 is 0.521 bits per heavy atom. The summed E-state index contributed by atoms with van der Waals surface area (Å²) in [6.07, 6.45) is 0. The quantitative estimate of drug-likeness (QED) is 0.104. The van der Waals surface area contributed by atoms with E-state index in [0.29, 0.717) is 16.9 Å². The molecular formula is C44H29N3Si. The Balaban J connectivity index is 1.45. The highest BCUT2D eigenvalue weighted by atomic mass is 28.3. The molecule has 0 aliphatic carbocycles. The summed E-state index contributed by atoms with van der Waals surface area (Å²) < 4.78 is 2.13. The number of rotatable bonds is 6. The average Bonchev–Trinajstić information content (AvgIpc) is 3.50. The molecule has 1 heterocycles. The molecule has 0 saturated carbocycles. The van der Waals surface area contributed by atoms with Crippen molar-refractivity contribution < 1.29 is 0 Å². The Bertz CT molecular complexity index is 2370. The first kappa shape index (κ1) is 29.0. The molecule has 8 rings (SSSR count). The van der Waals surface area contributed by atoms with Gasteiger partial charge in [-0.2, -0.15) is 5.26 Å². The standard InChI is InChI=1S/C44H29N3Si/c1-46-40-30-43(47-41-26-14-11-23-36(41)37-24-12-15-27-42(37)47)32(31-45)29-39(40)38-25-13-16-28-44(38)48(33-17-5-2-6-18-33,34-19-7-3-8-20-34)35-21-9-4-10-22-35/h2-30H. The summed E-state index contributed by atoms with van der Waals surface area (Å²) in [6.45, 7) is 8.47. The summed E-state index contributed by atoms with van der Waals surface area (Å²) in [6, 6.07) is 63.7. The average molecular weight is 628 g/mol. The summed E-state index contributed by atoms with van der Waals surface area (Å²) >= 11 is 0. The van der Waals surface area contributed by atoms with E-state index in [2.05, 4.69) is 149 Å². The molecule has 0 radical (unpaired) electrons. The van der Waals surface area contributed by atoms with E-state index in [9.17, 15) is 5.26 Å². The van der Waals surface area contributed by atoms with Crippen molar-refractivity contribution in [3.05, 3.63) is 193 Å². The number of aromatic nitrogens is 1. The second-order valence-electron chi connectivity index (χ2n) is 11.9. The van der Waals surface area contributed by atoms with Gasteiger partial charge in [-0.25, -0.2) is 4.85 Å². The van der Waals surface area contributed by atoms with Crippen molar-refractivity contribution in [2.24, 2.45) is 0 Å². The number of hydrogen-bond donors (Lipinski definition) is 0. The van der Waals surface area contributed by atoms with E-state index in [4.69, 9.17) is 6.57 Å². The van der Waals surface area contributed by atoms with Crippen LogP contribution in [0.2, 0.25) is 0 Å². The van der Waals surface area contributed by atoms with Crippen molar-refractivity contribution >= 4 is 56.3 Å². The van der Waals surface area contributed by atoms with Gasteiger partial charge in [0.1, 0.15) is 6.07 Å². The topological polar surface area (TPSA) is 33.1 Å². The summed E-state index contributed by atoms with van der Waals surface area (Å²) in [5, 5.41) is 17.9. The molecule has 7 aromatic carbocycles. The minimum atomic E-state index is -2.92. The molecule has 224 valence electrons. The predicted octanol–water partition coefficient (Wildman–Crippen LogP) is 8.25. The smallest absolute Gasteiger partial charge is 0.197 e. The Kier molecular flexibility index (Phi) is 7.27. The highest BCUT2D eigenvalue weighted by molar-refractivity contribution is 7.20. The van der Waals surface area contributed by atoms with Gasteiger partial charge in [0.25, 0.3) is 0 Å². The van der Waals surface area contributed by atoms with E-state index in [0.717, 1.165) is 32.9 Å². The Morgan fingerprint density at radius 3 is 1.48 bits per heavy atom. The highest BCUT2D eigenvalue weighted by Crippen LogP contribution is 2.39. The van der Waals surface area contributed by atoms with Crippen LogP contribution in [0.5, 0.6) is 0 Å². The molecule has 0 bridgehead atoms. The van der Waals surface area contributed by atoms with Gasteiger partial charge in [0.15, 0.2) is 13.8 Å². The number of hydrogen-bond acceptors (Lipinski definition) is 1. The van der Waals surface area contributed by atoms with Crippen molar-refractivity contribution in [3.8, 4) is 22.9 Å². The van der Waals surface area contributed by atoms with E-state index in [1.165, 1.54) is 20.7 Å². The molecule has 48 heavy (non-hydrogen) atoms. The first-order chi connectivity index (χ1) is 23.8. The zero-order chi connectivity index (χ0) is 32.5. The van der Waals surface area contributed by atoms with Crippen LogP contribution in [0, 0.1) is 17.9 Å². The van der Waals surface area contributed by atoms with Gasteiger partial charge in [-0.15, -0.1) is 0 Å². The molecule has 0 fully saturated rings. The zero-order valence-corrected chi connectivity index (χ0v) is 27.1. The zero-order valence-electron chi connectivity index (χ0n) is 26.1. The number of nitriles is 1. The fraction of sp³-hybridized carbons (Fsp3) is 0. The fourth-order valence-corrected chi connectivity index (χ4v) is 12.4. The van der Waals surface area contributed by atoms with Crippen molar-refractivity contribution in [2.75, 3.05) is 0 Å². The van der Waals surface area contributed by atoms with Crippen LogP contribution in [0.3, 0.4) is 0 Å². The largest absolute Gasteiger partial charge is 0.309 e. The Hall–Kier alpha value is -6.46. The molecule has 0 saturated heterocycles. The monoisotopic (exact) mass is 627 g/mol. The Labute approximate surface area is 281 Å². The highest BCUT2D eigenvalue weighted by Gasteiger charge is 2.43. The van der Waals surface area contributed by atoms with E-state index in [1.54, 1.807) is 0 Å². The van der Waals surface area contributed by atoms with Crippen LogP contribution in [0.1, 0.15) is 5.56 Å². The van der Waals surface area contributed by atoms with Crippen LogP contribution in [0.15, 0.2) is 176 Å². The third-order valence-electron chi connectivity index (χ3n) is 9.42. The lowest BCUT2D eigenvalue weighted by Crippen LogP contribution is -2.75. The number of fused-ring (bicyclic) bond motifs is 3. The third-order valence-corrected chi connectivity index (χ3v) is 14.3. The van der Waals surface area contributed by atoms with Crippen LogP contribution < -0.4 is 20.7 Å². The third kappa shape index (κ3) is 4.48. The van der Waals surface area contributed by atoms with E-state index < -0.39 is 8.07 Å². The molecule has 0 atom stereocenters. The van der Waals surface area contributed by atoms with E-state index in [1.807, 2.05) is 42.5 Å². The summed E-state index contributed by atoms with van der Waals surface area (Å²) in [5.41, 5.74) is 5.48. The molecule has 0 N–H and O–H groups in total. The molecule has 0 spiro atoms. The van der Waals surface area contributed by atoms with Crippen LogP contribution in [0.4, 0.5) is 5.69 Å². The van der Waals surface area contributed by atoms with Crippen LogP contribution in [0.25, 0.3) is 43.5 Å². The normalized spacial score (nSPS) is 11.3. The van der Waals surface area contributed by atoms with Crippen molar-refractivity contribution in [1.29, 1.82) is 5.26 Å². The molecule has 4 heteroatoms. The lowest BCUT2D eigenvalue weighted by atomic mass is 9.99. The number of nitrogens with zero attached hydrogens (tertiary/aromatic N) is 3. The predicted molar refractivity (Wildman–Crippen MR) is 201 cm³/mol. The fourth-order valence-electron chi connectivity index (χ4n) is 7.42. The summed E-state index contributed by atoms with van der Waals surface area (Å²) in [7, 11) is -2.92. The lowest BCUT2D eigenvalue weighted by molar-refractivity contribution is 1.17. The van der Waals surface area contributed by atoms with E-state index >= 15 is 0 Å². The molecular weight excluding hydrogens is 599 g/mol. The van der Waals surface area contributed by atoms with Gasteiger partial charge in [0.05, 0.1) is 28.9 Å². The molecule has 8 aromatic rings. The van der Waals surface area contributed by atoms with Crippen LogP contribution >= 0.6 is 0 Å². The minimum Gasteiger partial charge on any atom is -0.309 e. The van der Waals surface area contributed by atoms with Crippen LogP contribution in [-0.4, -0.2) is 12.6 Å².